The number of rotatable bonds is 5. The van der Waals surface area contributed by atoms with Gasteiger partial charge in [0.05, 0.1) is 11.3 Å². The van der Waals surface area contributed by atoms with E-state index in [0.717, 1.165) is 37.2 Å². The van der Waals surface area contributed by atoms with Gasteiger partial charge in [-0.25, -0.2) is 0 Å². The maximum Gasteiger partial charge on any atom is 0.253 e. The number of carbonyl (C=O) groups excluding carboxylic acids is 1. The minimum Gasteiger partial charge on any atom is -0.384 e. The summed E-state index contributed by atoms with van der Waals surface area (Å²) < 4.78 is 0. The van der Waals surface area contributed by atoms with Gasteiger partial charge in [0.15, 0.2) is 0 Å². The largest absolute Gasteiger partial charge is 0.384 e. The molecule has 1 aliphatic rings. The standard InChI is InChI=1S/C17H27N3O/c1-12(2)15(11-20(3)4)19-17(21)14-9-5-7-13-8-6-10-18-16(13)14/h5,7,9,12,15,18H,6,8,10-11H2,1-4H3,(H,19,21). The number of hydrogen-bond donors (Lipinski definition) is 2. The zero-order valence-electron chi connectivity index (χ0n) is 13.6. The molecule has 1 heterocycles. The van der Waals surface area contributed by atoms with Crippen LogP contribution in [0, 0.1) is 5.92 Å². The number of aryl methyl sites for hydroxylation is 1. The molecule has 2 N–H and O–H groups in total. The maximum atomic E-state index is 12.6. The minimum absolute atomic E-state index is 0.0294. The summed E-state index contributed by atoms with van der Waals surface area (Å²) >= 11 is 0. The van der Waals surface area contributed by atoms with Crippen molar-refractivity contribution >= 4 is 11.6 Å². The van der Waals surface area contributed by atoms with E-state index in [1.54, 1.807) is 0 Å². The Bertz CT molecular complexity index is 497. The summed E-state index contributed by atoms with van der Waals surface area (Å²) in [6.07, 6.45) is 2.18. The smallest absolute Gasteiger partial charge is 0.253 e. The number of likely N-dealkylation sites (N-methyl/N-ethyl adjacent to an activating group) is 1. The summed E-state index contributed by atoms with van der Waals surface area (Å²) in [6, 6.07) is 6.17. The molecule has 0 fully saturated rings. The topological polar surface area (TPSA) is 44.4 Å². The predicted octanol–water partition coefficient (Wildman–Crippen LogP) is 2.36. The molecule has 1 unspecified atom stereocenters. The van der Waals surface area contributed by atoms with Gasteiger partial charge in [-0.05, 0) is 44.5 Å². The SMILES string of the molecule is CC(C)C(CN(C)C)NC(=O)c1cccc2c1NCCC2. The number of nitrogens with zero attached hydrogens (tertiary/aromatic N) is 1. The second-order valence-electron chi connectivity index (χ2n) is 6.46. The van der Waals surface area contributed by atoms with E-state index in [-0.39, 0.29) is 11.9 Å². The summed E-state index contributed by atoms with van der Waals surface area (Å²) in [6.45, 7) is 6.09. The van der Waals surface area contributed by atoms with E-state index in [2.05, 4.69) is 35.4 Å². The number of anilines is 1. The second-order valence-corrected chi connectivity index (χ2v) is 6.46. The highest BCUT2D eigenvalue weighted by molar-refractivity contribution is 6.00. The van der Waals surface area contributed by atoms with Gasteiger partial charge < -0.3 is 15.5 Å². The lowest BCUT2D eigenvalue weighted by Crippen LogP contribution is -2.45. The molecule has 116 valence electrons. The van der Waals surface area contributed by atoms with Gasteiger partial charge >= 0.3 is 0 Å². The molecule has 1 atom stereocenters. The molecular formula is C17H27N3O. The van der Waals surface area contributed by atoms with Gasteiger partial charge in [0, 0.05) is 19.1 Å². The van der Waals surface area contributed by atoms with Crippen LogP contribution >= 0.6 is 0 Å². The third-order valence-electron chi connectivity index (χ3n) is 4.00. The first-order chi connectivity index (χ1) is 9.99. The number of hydrogen-bond acceptors (Lipinski definition) is 3. The summed E-state index contributed by atoms with van der Waals surface area (Å²) in [7, 11) is 4.07. The van der Waals surface area contributed by atoms with Gasteiger partial charge in [0.2, 0.25) is 0 Å². The molecule has 0 saturated heterocycles. The molecular weight excluding hydrogens is 262 g/mol. The summed E-state index contributed by atoms with van der Waals surface area (Å²) in [5.74, 6) is 0.436. The lowest BCUT2D eigenvalue weighted by atomic mass is 9.98. The normalized spacial score (nSPS) is 15.5. The van der Waals surface area contributed by atoms with Gasteiger partial charge in [-0.1, -0.05) is 26.0 Å². The minimum atomic E-state index is 0.0294. The Balaban J connectivity index is 2.16. The third-order valence-corrected chi connectivity index (χ3v) is 4.00. The zero-order valence-corrected chi connectivity index (χ0v) is 13.6. The highest BCUT2D eigenvalue weighted by Crippen LogP contribution is 2.26. The second kappa shape index (κ2) is 6.94. The molecule has 2 rings (SSSR count). The van der Waals surface area contributed by atoms with Crippen LogP contribution in [0.3, 0.4) is 0 Å². The summed E-state index contributed by atoms with van der Waals surface area (Å²) in [5, 5.41) is 6.58. The molecule has 0 radical (unpaired) electrons. The van der Waals surface area contributed by atoms with E-state index in [1.807, 2.05) is 26.2 Å². The lowest BCUT2D eigenvalue weighted by molar-refractivity contribution is 0.0917. The van der Waals surface area contributed by atoms with Crippen molar-refractivity contribution in [2.24, 2.45) is 5.92 Å². The van der Waals surface area contributed by atoms with E-state index in [9.17, 15) is 4.79 Å². The van der Waals surface area contributed by atoms with Crippen molar-refractivity contribution in [2.45, 2.75) is 32.7 Å². The van der Waals surface area contributed by atoms with Gasteiger partial charge in [0.25, 0.3) is 5.91 Å². The van der Waals surface area contributed by atoms with Gasteiger partial charge in [-0.15, -0.1) is 0 Å². The molecule has 4 nitrogen and oxygen atoms in total. The maximum absolute atomic E-state index is 12.6. The highest BCUT2D eigenvalue weighted by atomic mass is 16.1. The summed E-state index contributed by atoms with van der Waals surface area (Å²) in [4.78, 5) is 14.8. The Labute approximate surface area is 127 Å². The Morgan fingerprint density at radius 3 is 2.81 bits per heavy atom. The fourth-order valence-corrected chi connectivity index (χ4v) is 2.76. The van der Waals surface area contributed by atoms with Crippen LogP contribution in [0.5, 0.6) is 0 Å². The highest BCUT2D eigenvalue weighted by Gasteiger charge is 2.21. The molecule has 1 aromatic rings. The number of amides is 1. The number of para-hydroxylation sites is 1. The van der Waals surface area contributed by atoms with Crippen molar-refractivity contribution in [1.82, 2.24) is 10.2 Å². The van der Waals surface area contributed by atoms with E-state index in [0.29, 0.717) is 5.92 Å². The Morgan fingerprint density at radius 2 is 2.14 bits per heavy atom. The van der Waals surface area contributed by atoms with E-state index in [4.69, 9.17) is 0 Å². The molecule has 0 bridgehead atoms. The van der Waals surface area contributed by atoms with Crippen LogP contribution in [-0.4, -0.2) is 44.0 Å². The predicted molar refractivity (Wildman–Crippen MR) is 87.9 cm³/mol. The molecule has 1 aromatic carbocycles. The first-order valence-corrected chi connectivity index (χ1v) is 7.80. The zero-order chi connectivity index (χ0) is 15.4. The molecule has 0 aromatic heterocycles. The average molecular weight is 289 g/mol. The molecule has 1 aliphatic heterocycles. The van der Waals surface area contributed by atoms with E-state index >= 15 is 0 Å². The number of nitrogens with one attached hydrogen (secondary N) is 2. The molecule has 0 saturated carbocycles. The van der Waals surface area contributed by atoms with Gasteiger partial charge in [-0.3, -0.25) is 4.79 Å². The van der Waals surface area contributed by atoms with Crippen LogP contribution in [0.25, 0.3) is 0 Å². The average Bonchev–Trinajstić information content (AvgIpc) is 2.45. The summed E-state index contributed by atoms with van der Waals surface area (Å²) in [5.41, 5.74) is 3.05. The van der Waals surface area contributed by atoms with Crippen LogP contribution in [-0.2, 0) is 6.42 Å². The van der Waals surface area contributed by atoms with Crippen molar-refractivity contribution in [3.05, 3.63) is 29.3 Å². The number of carbonyl (C=O) groups is 1. The van der Waals surface area contributed by atoms with Crippen molar-refractivity contribution in [1.29, 1.82) is 0 Å². The van der Waals surface area contributed by atoms with Gasteiger partial charge in [0.1, 0.15) is 0 Å². The third kappa shape index (κ3) is 3.97. The molecule has 1 amide bonds. The number of fused-ring (bicyclic) bond motifs is 1. The molecule has 0 spiro atoms. The Hall–Kier alpha value is -1.55. The van der Waals surface area contributed by atoms with Crippen LogP contribution in [0.2, 0.25) is 0 Å². The quantitative estimate of drug-likeness (QED) is 0.874. The Morgan fingerprint density at radius 1 is 1.38 bits per heavy atom. The van der Waals surface area contributed by atoms with Crippen LogP contribution in [0.15, 0.2) is 18.2 Å². The van der Waals surface area contributed by atoms with Crippen LogP contribution in [0.1, 0.15) is 36.2 Å². The van der Waals surface area contributed by atoms with Crippen LogP contribution in [0.4, 0.5) is 5.69 Å². The van der Waals surface area contributed by atoms with Crippen LogP contribution < -0.4 is 10.6 Å². The first-order valence-electron chi connectivity index (χ1n) is 7.80. The number of benzene rings is 1. The van der Waals surface area contributed by atoms with E-state index < -0.39 is 0 Å². The fourth-order valence-electron chi connectivity index (χ4n) is 2.76. The first kappa shape index (κ1) is 15.8. The monoisotopic (exact) mass is 289 g/mol. The molecule has 0 aliphatic carbocycles. The molecule has 21 heavy (non-hydrogen) atoms. The Kier molecular flexibility index (Phi) is 5.23. The van der Waals surface area contributed by atoms with Crippen molar-refractivity contribution in [3.63, 3.8) is 0 Å². The fraction of sp³-hybridized carbons (Fsp3) is 0.588. The molecule has 4 heteroatoms. The van der Waals surface area contributed by atoms with Crippen molar-refractivity contribution in [3.8, 4) is 0 Å². The van der Waals surface area contributed by atoms with Crippen molar-refractivity contribution in [2.75, 3.05) is 32.5 Å². The lowest BCUT2D eigenvalue weighted by Gasteiger charge is -2.27. The van der Waals surface area contributed by atoms with Crippen molar-refractivity contribution < 1.29 is 4.79 Å². The van der Waals surface area contributed by atoms with E-state index in [1.165, 1.54) is 5.56 Å². The van der Waals surface area contributed by atoms with Gasteiger partial charge in [-0.2, -0.15) is 0 Å².